The third-order valence-electron chi connectivity index (χ3n) is 2.69. The van der Waals surface area contributed by atoms with Crippen molar-refractivity contribution in [2.75, 3.05) is 0 Å². The van der Waals surface area contributed by atoms with Crippen molar-refractivity contribution >= 4 is 23.1 Å². The smallest absolute Gasteiger partial charge is 0.103 e. The number of thiazole rings is 1. The zero-order valence-electron chi connectivity index (χ0n) is 8.66. The summed E-state index contributed by atoms with van der Waals surface area (Å²) in [4.78, 5) is 5.87. The second-order valence-electron chi connectivity index (χ2n) is 3.79. The lowest BCUT2D eigenvalue weighted by atomic mass is 10.4. The molecule has 1 aromatic rings. The molecule has 0 atom stereocenters. The van der Waals surface area contributed by atoms with Crippen LogP contribution in [0, 0.1) is 0 Å². The van der Waals surface area contributed by atoms with Crippen molar-refractivity contribution in [3.63, 3.8) is 0 Å². The van der Waals surface area contributed by atoms with Crippen LogP contribution in [-0.2, 0) is 12.2 Å². The van der Waals surface area contributed by atoms with Crippen LogP contribution in [0.5, 0.6) is 0 Å². The lowest BCUT2D eigenvalue weighted by Gasteiger charge is -2.05. The maximum Gasteiger partial charge on any atom is 0.103 e. The van der Waals surface area contributed by atoms with Gasteiger partial charge in [0.05, 0.1) is 0 Å². The number of aryl methyl sites for hydroxylation is 1. The van der Waals surface area contributed by atoms with Gasteiger partial charge in [-0.15, -0.1) is 11.3 Å². The van der Waals surface area contributed by atoms with Crippen LogP contribution >= 0.6 is 23.1 Å². The predicted molar refractivity (Wildman–Crippen MR) is 65.0 cm³/mol. The van der Waals surface area contributed by atoms with Crippen molar-refractivity contribution in [2.24, 2.45) is 0 Å². The summed E-state index contributed by atoms with van der Waals surface area (Å²) in [6.45, 7) is 2.20. The Bertz CT molecular complexity index is 277. The zero-order valence-corrected chi connectivity index (χ0v) is 10.3. The molecular formula is C11H17NS2. The molecule has 0 saturated heterocycles. The van der Waals surface area contributed by atoms with Gasteiger partial charge in [-0.3, -0.25) is 0 Å². The van der Waals surface area contributed by atoms with Crippen LogP contribution in [-0.4, -0.2) is 10.2 Å². The SMILES string of the molecule is CCc1cnc(CSC2CCCC2)s1. The van der Waals surface area contributed by atoms with E-state index in [9.17, 15) is 0 Å². The second-order valence-corrected chi connectivity index (χ2v) is 6.28. The van der Waals surface area contributed by atoms with E-state index in [-0.39, 0.29) is 0 Å². The molecule has 1 nitrogen and oxygen atoms in total. The Balaban J connectivity index is 1.79. The fourth-order valence-corrected chi connectivity index (χ4v) is 4.04. The fraction of sp³-hybridized carbons (Fsp3) is 0.727. The fourth-order valence-electron chi connectivity index (χ4n) is 1.82. The van der Waals surface area contributed by atoms with E-state index in [2.05, 4.69) is 23.7 Å². The quantitative estimate of drug-likeness (QED) is 0.774. The number of rotatable bonds is 4. The first-order valence-corrected chi connectivity index (χ1v) is 7.30. The number of hydrogen-bond donors (Lipinski definition) is 0. The summed E-state index contributed by atoms with van der Waals surface area (Å²) in [7, 11) is 0. The molecule has 0 aliphatic heterocycles. The van der Waals surface area contributed by atoms with Crippen LogP contribution in [0.4, 0.5) is 0 Å². The van der Waals surface area contributed by atoms with E-state index < -0.39 is 0 Å². The van der Waals surface area contributed by atoms with Crippen LogP contribution in [0.1, 0.15) is 42.5 Å². The summed E-state index contributed by atoms with van der Waals surface area (Å²) in [6.07, 6.45) is 8.90. The molecule has 1 aliphatic rings. The maximum absolute atomic E-state index is 4.45. The Morgan fingerprint density at radius 3 is 2.93 bits per heavy atom. The molecule has 2 rings (SSSR count). The molecular weight excluding hydrogens is 210 g/mol. The van der Waals surface area contributed by atoms with Crippen LogP contribution in [0.2, 0.25) is 0 Å². The van der Waals surface area contributed by atoms with Crippen LogP contribution in [0.3, 0.4) is 0 Å². The molecule has 0 spiro atoms. The average molecular weight is 227 g/mol. The number of thioether (sulfide) groups is 1. The summed E-state index contributed by atoms with van der Waals surface area (Å²) in [6, 6.07) is 0. The van der Waals surface area contributed by atoms with Gasteiger partial charge in [-0.1, -0.05) is 19.8 Å². The van der Waals surface area contributed by atoms with Gasteiger partial charge in [0.25, 0.3) is 0 Å². The Hall–Kier alpha value is -0.0200. The summed E-state index contributed by atoms with van der Waals surface area (Å²) in [5, 5.41) is 2.24. The molecule has 78 valence electrons. The standard InChI is InChI=1S/C11H17NS2/c1-2-9-7-12-11(14-9)8-13-10-5-3-4-6-10/h7,10H,2-6,8H2,1H3. The van der Waals surface area contributed by atoms with Gasteiger partial charge in [-0.2, -0.15) is 11.8 Å². The molecule has 1 heterocycles. The monoisotopic (exact) mass is 227 g/mol. The lowest BCUT2D eigenvalue weighted by molar-refractivity contribution is 0.886. The van der Waals surface area contributed by atoms with Crippen molar-refractivity contribution in [1.82, 2.24) is 4.98 Å². The van der Waals surface area contributed by atoms with E-state index in [4.69, 9.17) is 0 Å². The minimum absolute atomic E-state index is 0.920. The van der Waals surface area contributed by atoms with Crippen LogP contribution in [0.25, 0.3) is 0 Å². The molecule has 3 heteroatoms. The van der Waals surface area contributed by atoms with Crippen LogP contribution in [0.15, 0.2) is 6.20 Å². The highest BCUT2D eigenvalue weighted by Gasteiger charge is 2.15. The van der Waals surface area contributed by atoms with Gasteiger partial charge < -0.3 is 0 Å². The molecule has 1 fully saturated rings. The highest BCUT2D eigenvalue weighted by Crippen LogP contribution is 2.32. The van der Waals surface area contributed by atoms with Gasteiger partial charge in [0.2, 0.25) is 0 Å². The Morgan fingerprint density at radius 2 is 2.29 bits per heavy atom. The first-order chi connectivity index (χ1) is 6.88. The Labute approximate surface area is 94.3 Å². The van der Waals surface area contributed by atoms with E-state index in [0.717, 1.165) is 17.4 Å². The molecule has 0 amide bonds. The minimum atomic E-state index is 0.920. The van der Waals surface area contributed by atoms with E-state index in [1.54, 1.807) is 0 Å². The molecule has 0 N–H and O–H groups in total. The van der Waals surface area contributed by atoms with Crippen molar-refractivity contribution < 1.29 is 0 Å². The molecule has 0 unspecified atom stereocenters. The summed E-state index contributed by atoms with van der Waals surface area (Å²) < 4.78 is 0. The van der Waals surface area contributed by atoms with Gasteiger partial charge >= 0.3 is 0 Å². The minimum Gasteiger partial charge on any atom is -0.249 e. The summed E-state index contributed by atoms with van der Waals surface area (Å²) in [5.74, 6) is 1.13. The molecule has 1 saturated carbocycles. The molecule has 14 heavy (non-hydrogen) atoms. The normalized spacial score (nSPS) is 17.8. The molecule has 0 aromatic carbocycles. The summed E-state index contributed by atoms with van der Waals surface area (Å²) >= 11 is 3.99. The van der Waals surface area contributed by atoms with Crippen molar-refractivity contribution in [1.29, 1.82) is 0 Å². The average Bonchev–Trinajstić information content (AvgIpc) is 2.86. The topological polar surface area (TPSA) is 12.9 Å². The largest absolute Gasteiger partial charge is 0.249 e. The van der Waals surface area contributed by atoms with Gasteiger partial charge in [-0.25, -0.2) is 4.98 Å². The number of aromatic nitrogens is 1. The maximum atomic E-state index is 4.45. The number of hydrogen-bond acceptors (Lipinski definition) is 3. The third-order valence-corrected chi connectivity index (χ3v) is 5.40. The van der Waals surface area contributed by atoms with Gasteiger partial charge in [0, 0.05) is 22.1 Å². The zero-order chi connectivity index (χ0) is 9.80. The van der Waals surface area contributed by atoms with E-state index in [1.165, 1.54) is 35.6 Å². The third kappa shape index (κ3) is 2.74. The molecule has 1 aromatic heterocycles. The first kappa shape index (κ1) is 10.5. The Kier molecular flexibility index (Phi) is 3.88. The highest BCUT2D eigenvalue weighted by atomic mass is 32.2. The lowest BCUT2D eigenvalue weighted by Crippen LogP contribution is -1.94. The molecule has 0 radical (unpaired) electrons. The summed E-state index contributed by atoms with van der Waals surface area (Å²) in [5.41, 5.74) is 0. The van der Waals surface area contributed by atoms with Crippen molar-refractivity contribution in [2.45, 2.75) is 50.0 Å². The van der Waals surface area contributed by atoms with Gasteiger partial charge in [-0.05, 0) is 19.3 Å². The molecule has 1 aliphatic carbocycles. The highest BCUT2D eigenvalue weighted by molar-refractivity contribution is 7.99. The van der Waals surface area contributed by atoms with Crippen LogP contribution < -0.4 is 0 Å². The van der Waals surface area contributed by atoms with E-state index in [0.29, 0.717) is 0 Å². The first-order valence-electron chi connectivity index (χ1n) is 5.43. The van der Waals surface area contributed by atoms with Gasteiger partial charge in [0.15, 0.2) is 0 Å². The number of nitrogens with zero attached hydrogens (tertiary/aromatic N) is 1. The van der Waals surface area contributed by atoms with Crippen molar-refractivity contribution in [3.05, 3.63) is 16.1 Å². The molecule has 0 bridgehead atoms. The predicted octanol–water partition coefficient (Wildman–Crippen LogP) is 3.88. The Morgan fingerprint density at radius 1 is 1.50 bits per heavy atom. The van der Waals surface area contributed by atoms with E-state index >= 15 is 0 Å². The second kappa shape index (κ2) is 5.17. The van der Waals surface area contributed by atoms with E-state index in [1.807, 2.05) is 17.5 Å². The van der Waals surface area contributed by atoms with Crippen molar-refractivity contribution in [3.8, 4) is 0 Å². The van der Waals surface area contributed by atoms with Gasteiger partial charge in [0.1, 0.15) is 5.01 Å².